The standard InChI is InChI=1S/C13H20N4O4S/c1-6(18)9-7-5-8(22-4-3-16-13(14)15-2)10(12(20)21)17(7)11(9)19/h6-7,9,18H,3-5H2,1-2H3,(H,20,21)(H3,14,15,16)/t6-,7-,9-/m1/s1. The highest BCUT2D eigenvalue weighted by atomic mass is 32.2. The molecule has 2 aliphatic rings. The van der Waals surface area contributed by atoms with Gasteiger partial charge in [0.2, 0.25) is 5.91 Å². The number of thioether (sulfide) groups is 1. The molecule has 9 heteroatoms. The van der Waals surface area contributed by atoms with Crippen molar-refractivity contribution in [3.8, 4) is 0 Å². The molecule has 1 saturated heterocycles. The number of guanidine groups is 1. The average Bonchev–Trinajstić information content (AvgIpc) is 2.77. The molecular weight excluding hydrogens is 308 g/mol. The number of aliphatic imine (C=N–C) groups is 1. The number of aliphatic carboxylic acids is 1. The number of carbonyl (C=O) groups is 2. The SMILES string of the molecule is CN=C(N)NCCSC1=C(C(=O)O)N2C(=O)[C@H]([C@@H](C)O)[C@H]2C1. The molecule has 2 heterocycles. The molecule has 0 radical (unpaired) electrons. The van der Waals surface area contributed by atoms with Crippen LogP contribution in [0, 0.1) is 5.92 Å². The molecule has 0 aliphatic carbocycles. The van der Waals surface area contributed by atoms with Crippen LogP contribution in [-0.4, -0.2) is 64.4 Å². The van der Waals surface area contributed by atoms with E-state index in [0.29, 0.717) is 29.6 Å². The number of nitrogens with zero attached hydrogens (tertiary/aromatic N) is 2. The van der Waals surface area contributed by atoms with Crippen molar-refractivity contribution in [1.82, 2.24) is 10.2 Å². The fourth-order valence-electron chi connectivity index (χ4n) is 2.79. The Hall–Kier alpha value is -1.74. The number of amides is 1. The fraction of sp³-hybridized carbons (Fsp3) is 0.615. The highest BCUT2D eigenvalue weighted by Gasteiger charge is 2.56. The Balaban J connectivity index is 2.01. The Morgan fingerprint density at radius 1 is 1.64 bits per heavy atom. The van der Waals surface area contributed by atoms with Crippen molar-refractivity contribution < 1.29 is 19.8 Å². The first kappa shape index (κ1) is 16.6. The summed E-state index contributed by atoms with van der Waals surface area (Å²) in [7, 11) is 1.57. The topological polar surface area (TPSA) is 128 Å². The highest BCUT2D eigenvalue weighted by molar-refractivity contribution is 8.03. The summed E-state index contributed by atoms with van der Waals surface area (Å²) in [5.41, 5.74) is 5.56. The highest BCUT2D eigenvalue weighted by Crippen LogP contribution is 2.46. The average molecular weight is 328 g/mol. The minimum absolute atomic E-state index is 0.0500. The van der Waals surface area contributed by atoms with E-state index in [9.17, 15) is 19.8 Å². The van der Waals surface area contributed by atoms with Gasteiger partial charge in [0.25, 0.3) is 0 Å². The summed E-state index contributed by atoms with van der Waals surface area (Å²) in [5, 5.41) is 21.9. The molecule has 0 aromatic heterocycles. The lowest BCUT2D eigenvalue weighted by Crippen LogP contribution is -2.61. The Morgan fingerprint density at radius 3 is 2.86 bits per heavy atom. The molecule has 0 bridgehead atoms. The van der Waals surface area contributed by atoms with Crippen LogP contribution < -0.4 is 11.1 Å². The van der Waals surface area contributed by atoms with E-state index >= 15 is 0 Å². The van der Waals surface area contributed by atoms with Crippen molar-refractivity contribution in [3.63, 3.8) is 0 Å². The van der Waals surface area contributed by atoms with Crippen LogP contribution in [0.4, 0.5) is 0 Å². The number of aliphatic hydroxyl groups is 1. The first-order chi connectivity index (χ1) is 10.4. The van der Waals surface area contributed by atoms with Gasteiger partial charge in [0.05, 0.1) is 18.1 Å². The third-order valence-electron chi connectivity index (χ3n) is 3.82. The number of rotatable bonds is 6. The minimum Gasteiger partial charge on any atom is -0.477 e. The Labute approximate surface area is 132 Å². The minimum atomic E-state index is -1.11. The maximum Gasteiger partial charge on any atom is 0.353 e. The molecule has 8 nitrogen and oxygen atoms in total. The monoisotopic (exact) mass is 328 g/mol. The van der Waals surface area contributed by atoms with Gasteiger partial charge in [0, 0.05) is 30.7 Å². The van der Waals surface area contributed by atoms with Crippen LogP contribution >= 0.6 is 11.8 Å². The van der Waals surface area contributed by atoms with E-state index in [0.717, 1.165) is 0 Å². The van der Waals surface area contributed by atoms with Gasteiger partial charge in [-0.2, -0.15) is 0 Å². The Kier molecular flexibility index (Phi) is 4.97. The third-order valence-corrected chi connectivity index (χ3v) is 4.93. The zero-order valence-electron chi connectivity index (χ0n) is 12.4. The van der Waals surface area contributed by atoms with E-state index in [1.54, 1.807) is 14.0 Å². The van der Waals surface area contributed by atoms with Crippen LogP contribution in [0.25, 0.3) is 0 Å². The third kappa shape index (κ3) is 2.91. The normalized spacial score (nSPS) is 25.9. The number of hydrogen-bond donors (Lipinski definition) is 4. The number of carboxylic acid groups (broad SMARTS) is 1. The Morgan fingerprint density at radius 2 is 2.32 bits per heavy atom. The van der Waals surface area contributed by atoms with Gasteiger partial charge < -0.3 is 26.2 Å². The number of β-lactam (4-membered cyclic amide) rings is 1. The molecule has 0 aromatic carbocycles. The van der Waals surface area contributed by atoms with Crippen LogP contribution in [0.1, 0.15) is 13.3 Å². The number of carbonyl (C=O) groups excluding carboxylic acids is 1. The number of aliphatic hydroxyl groups excluding tert-OH is 1. The molecule has 122 valence electrons. The van der Waals surface area contributed by atoms with E-state index in [2.05, 4.69) is 10.3 Å². The quantitative estimate of drug-likeness (QED) is 0.217. The summed E-state index contributed by atoms with van der Waals surface area (Å²) >= 11 is 1.39. The molecule has 3 atom stereocenters. The van der Waals surface area contributed by atoms with Crippen molar-refractivity contribution in [2.75, 3.05) is 19.3 Å². The predicted octanol–water partition coefficient (Wildman–Crippen LogP) is -0.839. The van der Waals surface area contributed by atoms with Gasteiger partial charge in [-0.05, 0) is 6.92 Å². The van der Waals surface area contributed by atoms with Crippen molar-refractivity contribution >= 4 is 29.6 Å². The molecular formula is C13H20N4O4S. The molecule has 1 amide bonds. The lowest BCUT2D eigenvalue weighted by Gasteiger charge is -2.44. The maximum atomic E-state index is 12.0. The van der Waals surface area contributed by atoms with E-state index in [-0.39, 0.29) is 17.6 Å². The molecule has 2 rings (SSSR count). The second-order valence-electron chi connectivity index (χ2n) is 5.21. The van der Waals surface area contributed by atoms with Gasteiger partial charge in [0.1, 0.15) is 5.70 Å². The molecule has 0 aromatic rings. The summed E-state index contributed by atoms with van der Waals surface area (Å²) < 4.78 is 0. The van der Waals surface area contributed by atoms with Crippen LogP contribution in [0.2, 0.25) is 0 Å². The van der Waals surface area contributed by atoms with Crippen LogP contribution in [0.3, 0.4) is 0 Å². The fourth-order valence-corrected chi connectivity index (χ4v) is 3.85. The first-order valence-electron chi connectivity index (χ1n) is 6.95. The maximum absolute atomic E-state index is 12.0. The molecule has 0 unspecified atom stereocenters. The van der Waals surface area contributed by atoms with E-state index in [1.165, 1.54) is 16.7 Å². The summed E-state index contributed by atoms with van der Waals surface area (Å²) in [6, 6.07) is -0.240. The predicted molar refractivity (Wildman–Crippen MR) is 83.1 cm³/mol. The Bertz CT molecular complexity index is 546. The van der Waals surface area contributed by atoms with Gasteiger partial charge in [-0.15, -0.1) is 11.8 Å². The second kappa shape index (κ2) is 6.57. The van der Waals surface area contributed by atoms with Crippen molar-refractivity contribution in [2.24, 2.45) is 16.6 Å². The first-order valence-corrected chi connectivity index (χ1v) is 7.93. The molecule has 22 heavy (non-hydrogen) atoms. The number of nitrogens with two attached hydrogens (primary N) is 1. The molecule has 0 saturated carbocycles. The van der Waals surface area contributed by atoms with Crippen LogP contribution in [0.5, 0.6) is 0 Å². The largest absolute Gasteiger partial charge is 0.477 e. The van der Waals surface area contributed by atoms with E-state index in [1.807, 2.05) is 0 Å². The summed E-state index contributed by atoms with van der Waals surface area (Å²) in [5.74, 6) is -0.990. The molecule has 2 aliphatic heterocycles. The number of carboxylic acids is 1. The summed E-state index contributed by atoms with van der Waals surface area (Å²) in [4.78, 5) is 29.2. The van der Waals surface area contributed by atoms with Crippen molar-refractivity contribution in [2.45, 2.75) is 25.5 Å². The van der Waals surface area contributed by atoms with E-state index < -0.39 is 18.0 Å². The summed E-state index contributed by atoms with van der Waals surface area (Å²) in [6.07, 6.45) is -0.291. The molecule has 1 fully saturated rings. The molecule has 5 N–H and O–H groups in total. The zero-order valence-corrected chi connectivity index (χ0v) is 13.3. The lowest BCUT2D eigenvalue weighted by atomic mass is 9.83. The van der Waals surface area contributed by atoms with Gasteiger partial charge >= 0.3 is 5.97 Å². The van der Waals surface area contributed by atoms with Crippen molar-refractivity contribution in [3.05, 3.63) is 10.6 Å². The summed E-state index contributed by atoms with van der Waals surface area (Å²) in [6.45, 7) is 2.10. The number of hydrogen-bond acceptors (Lipinski definition) is 5. The van der Waals surface area contributed by atoms with Gasteiger partial charge in [0.15, 0.2) is 5.96 Å². The van der Waals surface area contributed by atoms with Crippen molar-refractivity contribution in [1.29, 1.82) is 0 Å². The second-order valence-corrected chi connectivity index (χ2v) is 6.40. The van der Waals surface area contributed by atoms with Gasteiger partial charge in [-0.3, -0.25) is 9.79 Å². The lowest BCUT2D eigenvalue weighted by molar-refractivity contribution is -0.161. The van der Waals surface area contributed by atoms with Crippen LogP contribution in [-0.2, 0) is 9.59 Å². The van der Waals surface area contributed by atoms with Gasteiger partial charge in [-0.25, -0.2) is 4.79 Å². The number of fused-ring (bicyclic) bond motifs is 1. The van der Waals surface area contributed by atoms with Gasteiger partial charge in [-0.1, -0.05) is 0 Å². The zero-order chi connectivity index (χ0) is 16.4. The number of nitrogens with one attached hydrogen (secondary N) is 1. The smallest absolute Gasteiger partial charge is 0.353 e. The van der Waals surface area contributed by atoms with E-state index in [4.69, 9.17) is 5.73 Å². The molecule has 0 spiro atoms. The van der Waals surface area contributed by atoms with Crippen LogP contribution in [0.15, 0.2) is 15.6 Å².